The first-order valence-corrected chi connectivity index (χ1v) is 3.96. The van der Waals surface area contributed by atoms with Crippen molar-refractivity contribution in [1.82, 2.24) is 0 Å². The molecular formula is C10H18. The van der Waals surface area contributed by atoms with E-state index < -0.39 is 0 Å². The van der Waals surface area contributed by atoms with Gasteiger partial charge in [0, 0.05) is 0 Å². The van der Waals surface area contributed by atoms with Crippen LogP contribution in [0.4, 0.5) is 0 Å². The van der Waals surface area contributed by atoms with Gasteiger partial charge in [0.25, 0.3) is 0 Å². The zero-order valence-electron chi connectivity index (χ0n) is 7.30. The van der Waals surface area contributed by atoms with Crippen molar-refractivity contribution in [2.75, 3.05) is 0 Å². The Morgan fingerprint density at radius 2 is 1.80 bits per heavy atom. The summed E-state index contributed by atoms with van der Waals surface area (Å²) >= 11 is 0. The second-order valence-electron chi connectivity index (χ2n) is 3.13. The van der Waals surface area contributed by atoms with Crippen LogP contribution in [-0.4, -0.2) is 0 Å². The number of hydrogen-bond donors (Lipinski definition) is 0. The molecule has 0 aliphatic rings. The summed E-state index contributed by atoms with van der Waals surface area (Å²) in [6.07, 6.45) is 7.55. The lowest BCUT2D eigenvalue weighted by Crippen LogP contribution is -1.87. The molecule has 0 nitrogen and oxygen atoms in total. The minimum Gasteiger partial charge on any atom is -0.103 e. The van der Waals surface area contributed by atoms with Crippen LogP contribution < -0.4 is 0 Å². The molecule has 0 aromatic heterocycles. The average molecular weight is 138 g/mol. The maximum Gasteiger partial charge on any atom is -0.0227 e. The molecule has 0 rings (SSSR count). The van der Waals surface area contributed by atoms with Crippen molar-refractivity contribution in [2.45, 2.75) is 27.2 Å². The van der Waals surface area contributed by atoms with Gasteiger partial charge in [0.2, 0.25) is 0 Å². The van der Waals surface area contributed by atoms with E-state index >= 15 is 0 Å². The third kappa shape index (κ3) is 5.61. The smallest absolute Gasteiger partial charge is 0.0227 e. The Labute approximate surface area is 64.6 Å². The summed E-state index contributed by atoms with van der Waals surface area (Å²) < 4.78 is 0. The highest BCUT2D eigenvalue weighted by atomic mass is 14.0. The van der Waals surface area contributed by atoms with E-state index in [1.165, 1.54) is 0 Å². The molecule has 0 spiro atoms. The zero-order valence-corrected chi connectivity index (χ0v) is 7.30. The summed E-state index contributed by atoms with van der Waals surface area (Å²) in [7, 11) is 0. The molecule has 0 saturated heterocycles. The van der Waals surface area contributed by atoms with Crippen molar-refractivity contribution >= 4 is 0 Å². The Kier molecular flexibility index (Phi) is 5.00. The van der Waals surface area contributed by atoms with Gasteiger partial charge in [-0.3, -0.25) is 0 Å². The molecule has 0 aliphatic heterocycles. The van der Waals surface area contributed by atoms with Gasteiger partial charge in [-0.1, -0.05) is 39.0 Å². The third-order valence-corrected chi connectivity index (χ3v) is 1.36. The highest BCUT2D eigenvalue weighted by Gasteiger charge is 1.91. The minimum absolute atomic E-state index is 0.653. The molecule has 0 N–H and O–H groups in total. The summed E-state index contributed by atoms with van der Waals surface area (Å²) in [4.78, 5) is 0. The van der Waals surface area contributed by atoms with Gasteiger partial charge in [-0.05, 0) is 18.3 Å². The van der Waals surface area contributed by atoms with Crippen LogP contribution in [0.5, 0.6) is 0 Å². The molecular weight excluding hydrogens is 120 g/mol. The fourth-order valence-electron chi connectivity index (χ4n) is 0.753. The van der Waals surface area contributed by atoms with E-state index in [1.807, 2.05) is 6.08 Å². The molecule has 0 radical (unpaired) electrons. The highest BCUT2D eigenvalue weighted by molar-refractivity contribution is 4.91. The molecule has 58 valence electrons. The van der Waals surface area contributed by atoms with Gasteiger partial charge < -0.3 is 0 Å². The van der Waals surface area contributed by atoms with Crippen LogP contribution in [0.1, 0.15) is 27.2 Å². The maximum atomic E-state index is 3.69. The van der Waals surface area contributed by atoms with Crippen LogP contribution in [0.2, 0.25) is 0 Å². The van der Waals surface area contributed by atoms with Gasteiger partial charge in [-0.15, -0.1) is 6.58 Å². The Morgan fingerprint density at radius 3 is 2.20 bits per heavy atom. The van der Waals surface area contributed by atoms with Crippen molar-refractivity contribution in [3.63, 3.8) is 0 Å². The van der Waals surface area contributed by atoms with E-state index in [2.05, 4.69) is 39.5 Å². The zero-order chi connectivity index (χ0) is 7.98. The van der Waals surface area contributed by atoms with Gasteiger partial charge in [0.1, 0.15) is 0 Å². The monoisotopic (exact) mass is 138 g/mol. The van der Waals surface area contributed by atoms with Crippen molar-refractivity contribution in [1.29, 1.82) is 0 Å². The quantitative estimate of drug-likeness (QED) is 0.522. The van der Waals surface area contributed by atoms with Gasteiger partial charge >= 0.3 is 0 Å². The van der Waals surface area contributed by atoms with Crippen LogP contribution in [-0.2, 0) is 0 Å². The molecule has 0 aliphatic carbocycles. The van der Waals surface area contributed by atoms with Gasteiger partial charge in [-0.2, -0.15) is 0 Å². The molecule has 0 amide bonds. The molecule has 1 atom stereocenters. The summed E-state index contributed by atoms with van der Waals surface area (Å²) in [5.74, 6) is 1.33. The van der Waals surface area contributed by atoms with Gasteiger partial charge in [-0.25, -0.2) is 0 Å². The van der Waals surface area contributed by atoms with Crippen molar-refractivity contribution in [2.24, 2.45) is 11.8 Å². The van der Waals surface area contributed by atoms with E-state index in [1.54, 1.807) is 0 Å². The SMILES string of the molecule is C=CC[C@@H](C)/C=C/C(C)C. The summed E-state index contributed by atoms with van der Waals surface area (Å²) in [5, 5.41) is 0. The summed E-state index contributed by atoms with van der Waals surface area (Å²) in [6.45, 7) is 10.3. The lowest BCUT2D eigenvalue weighted by atomic mass is 10.1. The summed E-state index contributed by atoms with van der Waals surface area (Å²) in [5.41, 5.74) is 0. The molecule has 0 heteroatoms. The van der Waals surface area contributed by atoms with E-state index in [0.717, 1.165) is 6.42 Å². The first kappa shape index (κ1) is 9.48. The molecule has 0 unspecified atom stereocenters. The van der Waals surface area contributed by atoms with E-state index in [9.17, 15) is 0 Å². The van der Waals surface area contributed by atoms with Gasteiger partial charge in [0.05, 0.1) is 0 Å². The standard InChI is InChI=1S/C10H18/c1-5-6-10(4)8-7-9(2)3/h5,7-10H,1,6H2,2-4H3/b8-7+/t10-/m1/s1. The fraction of sp³-hybridized carbons (Fsp3) is 0.600. The third-order valence-electron chi connectivity index (χ3n) is 1.36. The second-order valence-corrected chi connectivity index (χ2v) is 3.13. The van der Waals surface area contributed by atoms with Crippen LogP contribution >= 0.6 is 0 Å². The van der Waals surface area contributed by atoms with Crippen LogP contribution in [0, 0.1) is 11.8 Å². The van der Waals surface area contributed by atoms with Crippen LogP contribution in [0.25, 0.3) is 0 Å². The second kappa shape index (κ2) is 5.28. The predicted octanol–water partition coefficient (Wildman–Crippen LogP) is 3.41. The van der Waals surface area contributed by atoms with Crippen molar-refractivity contribution in [3.8, 4) is 0 Å². The van der Waals surface area contributed by atoms with E-state index in [0.29, 0.717) is 11.8 Å². The molecule has 0 fully saturated rings. The number of allylic oxidation sites excluding steroid dienone is 3. The Morgan fingerprint density at radius 1 is 1.20 bits per heavy atom. The van der Waals surface area contributed by atoms with Crippen molar-refractivity contribution in [3.05, 3.63) is 24.8 Å². The predicted molar refractivity (Wildman–Crippen MR) is 48.0 cm³/mol. The lowest BCUT2D eigenvalue weighted by Gasteiger charge is -2.01. The van der Waals surface area contributed by atoms with Crippen LogP contribution in [0.15, 0.2) is 24.8 Å². The molecule has 0 aromatic rings. The molecule has 0 aromatic carbocycles. The molecule has 0 saturated carbocycles. The Bertz CT molecular complexity index is 109. The Balaban J connectivity index is 3.54. The van der Waals surface area contributed by atoms with E-state index in [-0.39, 0.29) is 0 Å². The van der Waals surface area contributed by atoms with Gasteiger partial charge in [0.15, 0.2) is 0 Å². The maximum absolute atomic E-state index is 3.69. The van der Waals surface area contributed by atoms with E-state index in [4.69, 9.17) is 0 Å². The lowest BCUT2D eigenvalue weighted by molar-refractivity contribution is 0.725. The molecule has 0 bridgehead atoms. The number of rotatable bonds is 4. The van der Waals surface area contributed by atoms with Crippen molar-refractivity contribution < 1.29 is 0 Å². The Hall–Kier alpha value is -0.520. The first-order chi connectivity index (χ1) is 4.66. The topological polar surface area (TPSA) is 0 Å². The number of hydrogen-bond acceptors (Lipinski definition) is 0. The normalized spacial score (nSPS) is 14.4. The highest BCUT2D eigenvalue weighted by Crippen LogP contribution is 2.05. The first-order valence-electron chi connectivity index (χ1n) is 3.96. The minimum atomic E-state index is 0.653. The fourth-order valence-corrected chi connectivity index (χ4v) is 0.753. The average Bonchev–Trinajstić information content (AvgIpc) is 1.85. The summed E-state index contributed by atoms with van der Waals surface area (Å²) in [6, 6.07) is 0. The largest absolute Gasteiger partial charge is 0.103 e. The molecule has 0 heterocycles. The molecule has 10 heavy (non-hydrogen) atoms. The van der Waals surface area contributed by atoms with Crippen LogP contribution in [0.3, 0.4) is 0 Å².